The van der Waals surface area contributed by atoms with E-state index in [1.807, 2.05) is 0 Å². The van der Waals surface area contributed by atoms with Crippen LogP contribution in [0, 0.1) is 0 Å². The number of nitrogens with zero attached hydrogens (tertiary/aromatic N) is 4. The summed E-state index contributed by atoms with van der Waals surface area (Å²) >= 11 is 0. The van der Waals surface area contributed by atoms with Crippen LogP contribution in [0.25, 0.3) is 11.3 Å². The SMILES string of the molecule is O=C([O-])c1ccc(-c2ccc(/C=N/n3cnnc3)o2)cc1. The van der Waals surface area contributed by atoms with E-state index in [4.69, 9.17) is 4.42 Å². The van der Waals surface area contributed by atoms with Crippen LogP contribution in [0.3, 0.4) is 0 Å². The maximum atomic E-state index is 10.7. The van der Waals surface area contributed by atoms with Crippen LogP contribution < -0.4 is 5.11 Å². The molecule has 2 aromatic heterocycles. The Labute approximate surface area is 119 Å². The van der Waals surface area contributed by atoms with Crippen molar-refractivity contribution < 1.29 is 14.3 Å². The van der Waals surface area contributed by atoms with Crippen molar-refractivity contribution in [1.29, 1.82) is 0 Å². The summed E-state index contributed by atoms with van der Waals surface area (Å²) in [7, 11) is 0. The van der Waals surface area contributed by atoms with Gasteiger partial charge in [0.05, 0.1) is 12.2 Å². The summed E-state index contributed by atoms with van der Waals surface area (Å²) < 4.78 is 7.04. The van der Waals surface area contributed by atoms with Gasteiger partial charge in [-0.1, -0.05) is 24.3 Å². The Kier molecular flexibility index (Phi) is 3.30. The second-order valence-corrected chi connectivity index (χ2v) is 4.15. The summed E-state index contributed by atoms with van der Waals surface area (Å²) in [4.78, 5) is 10.7. The van der Waals surface area contributed by atoms with Gasteiger partial charge >= 0.3 is 0 Å². The van der Waals surface area contributed by atoms with Crippen LogP contribution >= 0.6 is 0 Å². The minimum atomic E-state index is -1.21. The monoisotopic (exact) mass is 281 g/mol. The zero-order valence-corrected chi connectivity index (χ0v) is 10.7. The highest BCUT2D eigenvalue weighted by molar-refractivity contribution is 5.86. The van der Waals surface area contributed by atoms with Gasteiger partial charge in [0.2, 0.25) is 0 Å². The fourth-order valence-corrected chi connectivity index (χ4v) is 1.73. The highest BCUT2D eigenvalue weighted by Gasteiger charge is 2.04. The molecule has 3 rings (SSSR count). The number of carboxylic acid groups (broad SMARTS) is 1. The van der Waals surface area contributed by atoms with E-state index in [9.17, 15) is 9.90 Å². The molecular formula is C14H9N4O3-. The third kappa shape index (κ3) is 2.86. The summed E-state index contributed by atoms with van der Waals surface area (Å²) in [6, 6.07) is 9.79. The maximum Gasteiger partial charge on any atom is 0.147 e. The fourth-order valence-electron chi connectivity index (χ4n) is 1.73. The van der Waals surface area contributed by atoms with Crippen molar-refractivity contribution >= 4 is 12.2 Å². The highest BCUT2D eigenvalue weighted by Crippen LogP contribution is 2.21. The molecule has 21 heavy (non-hydrogen) atoms. The number of hydrogen-bond acceptors (Lipinski definition) is 6. The number of carbonyl (C=O) groups is 1. The number of benzene rings is 1. The minimum Gasteiger partial charge on any atom is -0.545 e. The van der Waals surface area contributed by atoms with Crippen molar-refractivity contribution in [2.24, 2.45) is 5.10 Å². The van der Waals surface area contributed by atoms with Crippen LogP contribution in [-0.2, 0) is 0 Å². The summed E-state index contributed by atoms with van der Waals surface area (Å²) in [6.07, 6.45) is 4.44. The topological polar surface area (TPSA) is 96.3 Å². The van der Waals surface area contributed by atoms with E-state index in [2.05, 4.69) is 15.3 Å². The molecule has 0 aliphatic rings. The molecule has 0 spiro atoms. The van der Waals surface area contributed by atoms with Gasteiger partial charge in [-0.2, -0.15) is 5.10 Å². The van der Waals surface area contributed by atoms with Gasteiger partial charge in [-0.15, -0.1) is 10.2 Å². The fraction of sp³-hybridized carbons (Fsp3) is 0. The molecule has 0 saturated carbocycles. The molecule has 7 heteroatoms. The zero-order valence-electron chi connectivity index (χ0n) is 10.7. The van der Waals surface area contributed by atoms with E-state index in [1.165, 1.54) is 35.7 Å². The normalized spacial score (nSPS) is 11.0. The molecule has 0 aliphatic carbocycles. The molecule has 0 unspecified atom stereocenters. The second kappa shape index (κ2) is 5.41. The predicted molar refractivity (Wildman–Crippen MR) is 71.5 cm³/mol. The number of rotatable bonds is 4. The minimum absolute atomic E-state index is 0.125. The molecule has 2 heterocycles. The molecule has 0 aliphatic heterocycles. The van der Waals surface area contributed by atoms with Crippen LogP contribution in [0.2, 0.25) is 0 Å². The van der Waals surface area contributed by atoms with Crippen LogP contribution in [-0.4, -0.2) is 27.1 Å². The zero-order chi connectivity index (χ0) is 14.7. The average Bonchev–Trinajstić information content (AvgIpc) is 3.17. The number of aromatic nitrogens is 3. The first-order valence-corrected chi connectivity index (χ1v) is 6.03. The van der Waals surface area contributed by atoms with Crippen LogP contribution in [0.5, 0.6) is 0 Å². The van der Waals surface area contributed by atoms with E-state index in [1.54, 1.807) is 24.3 Å². The quantitative estimate of drug-likeness (QED) is 0.658. The van der Waals surface area contributed by atoms with Gasteiger partial charge in [0.1, 0.15) is 24.2 Å². The van der Waals surface area contributed by atoms with Gasteiger partial charge in [0.25, 0.3) is 0 Å². The molecule has 3 aromatic rings. The lowest BCUT2D eigenvalue weighted by Crippen LogP contribution is -2.21. The van der Waals surface area contributed by atoms with Crippen molar-refractivity contribution in [3.63, 3.8) is 0 Å². The Morgan fingerprint density at radius 2 is 1.86 bits per heavy atom. The van der Waals surface area contributed by atoms with E-state index in [-0.39, 0.29) is 5.56 Å². The summed E-state index contributed by atoms with van der Waals surface area (Å²) in [5.74, 6) is -0.0319. The third-order valence-corrected chi connectivity index (χ3v) is 2.76. The van der Waals surface area contributed by atoms with Gasteiger partial charge in [-0.25, -0.2) is 4.68 Å². The summed E-state index contributed by atoms with van der Waals surface area (Å²) in [6.45, 7) is 0. The number of furan rings is 1. The van der Waals surface area contributed by atoms with E-state index in [0.29, 0.717) is 11.5 Å². The van der Waals surface area contributed by atoms with Gasteiger partial charge in [0, 0.05) is 5.56 Å². The van der Waals surface area contributed by atoms with Crippen molar-refractivity contribution in [3.05, 3.63) is 60.4 Å². The standard InChI is InChI=1S/C14H10N4O3/c19-14(20)11-3-1-10(2-4-11)13-6-5-12(21-13)7-17-18-8-15-16-9-18/h1-9H,(H,19,20)/p-1/b17-7+. The first kappa shape index (κ1) is 12.8. The molecule has 0 radical (unpaired) electrons. The third-order valence-electron chi connectivity index (χ3n) is 2.76. The van der Waals surface area contributed by atoms with Crippen molar-refractivity contribution in [2.45, 2.75) is 0 Å². The van der Waals surface area contributed by atoms with Gasteiger partial charge < -0.3 is 14.3 Å². The lowest BCUT2D eigenvalue weighted by molar-refractivity contribution is -0.255. The first-order valence-electron chi connectivity index (χ1n) is 6.03. The number of carboxylic acids is 1. The van der Waals surface area contributed by atoms with Crippen LogP contribution in [0.1, 0.15) is 16.1 Å². The van der Waals surface area contributed by atoms with Crippen LogP contribution in [0.15, 0.2) is 58.6 Å². The maximum absolute atomic E-state index is 10.7. The Balaban J connectivity index is 1.79. The summed E-state index contributed by atoms with van der Waals surface area (Å²) in [5.41, 5.74) is 0.892. The molecule has 0 bridgehead atoms. The largest absolute Gasteiger partial charge is 0.545 e. The van der Waals surface area contributed by atoms with Crippen LogP contribution in [0.4, 0.5) is 0 Å². The Bertz CT molecular complexity index is 773. The molecule has 104 valence electrons. The molecule has 7 nitrogen and oxygen atoms in total. The van der Waals surface area contributed by atoms with E-state index in [0.717, 1.165) is 5.56 Å². The Hall–Kier alpha value is -3.22. The molecule has 0 amide bonds. The first-order chi connectivity index (χ1) is 10.2. The van der Waals surface area contributed by atoms with E-state index < -0.39 is 5.97 Å². The van der Waals surface area contributed by atoms with Gasteiger partial charge in [-0.3, -0.25) is 0 Å². The average molecular weight is 281 g/mol. The summed E-state index contributed by atoms with van der Waals surface area (Å²) in [5, 5.41) is 22.0. The van der Waals surface area contributed by atoms with Gasteiger partial charge in [-0.05, 0) is 17.7 Å². The lowest BCUT2D eigenvalue weighted by atomic mass is 10.1. The predicted octanol–water partition coefficient (Wildman–Crippen LogP) is 0.784. The molecular weight excluding hydrogens is 272 g/mol. The number of carbonyl (C=O) groups excluding carboxylic acids is 1. The molecule has 0 N–H and O–H groups in total. The van der Waals surface area contributed by atoms with Crippen molar-refractivity contribution in [1.82, 2.24) is 14.9 Å². The Morgan fingerprint density at radius 3 is 2.52 bits per heavy atom. The molecule has 0 atom stereocenters. The van der Waals surface area contributed by atoms with Gasteiger partial charge in [0.15, 0.2) is 0 Å². The van der Waals surface area contributed by atoms with Crippen molar-refractivity contribution in [3.8, 4) is 11.3 Å². The smallest absolute Gasteiger partial charge is 0.147 e. The highest BCUT2D eigenvalue weighted by atomic mass is 16.4. The number of hydrogen-bond donors (Lipinski definition) is 0. The Morgan fingerprint density at radius 1 is 1.14 bits per heavy atom. The molecule has 0 saturated heterocycles. The second-order valence-electron chi connectivity index (χ2n) is 4.15. The molecule has 1 aromatic carbocycles. The lowest BCUT2D eigenvalue weighted by Gasteiger charge is -2.02. The van der Waals surface area contributed by atoms with E-state index >= 15 is 0 Å². The molecule has 0 fully saturated rings. The number of aromatic carboxylic acids is 1. The van der Waals surface area contributed by atoms with Crippen molar-refractivity contribution in [2.75, 3.05) is 0 Å².